The first-order chi connectivity index (χ1) is 8.04. The molecule has 1 aromatic rings. The number of nitrogens with one attached hydrogen (secondary N) is 1. The van der Waals surface area contributed by atoms with E-state index in [1.165, 1.54) is 18.2 Å². The molecule has 0 fully saturated rings. The van der Waals surface area contributed by atoms with Crippen molar-refractivity contribution >= 4 is 27.7 Å². The van der Waals surface area contributed by atoms with E-state index < -0.39 is 11.7 Å². The minimum atomic E-state index is -0.602. The molecule has 4 N–H and O–H groups in total. The van der Waals surface area contributed by atoms with Crippen LogP contribution < -0.4 is 11.1 Å². The van der Waals surface area contributed by atoms with Crippen LogP contribution >= 0.6 is 15.9 Å². The fourth-order valence-corrected chi connectivity index (χ4v) is 1.48. The van der Waals surface area contributed by atoms with Gasteiger partial charge in [0.1, 0.15) is 11.7 Å². The number of amides is 1. The Labute approximate surface area is 106 Å². The number of carbonyl (C=O) groups excluding carboxylic acids is 1. The summed E-state index contributed by atoms with van der Waals surface area (Å²) >= 11 is 3.15. The zero-order chi connectivity index (χ0) is 12.8. The van der Waals surface area contributed by atoms with Crippen LogP contribution in [0.2, 0.25) is 0 Å². The number of hydrogen-bond donors (Lipinski definition) is 3. The highest BCUT2D eigenvalue weighted by Crippen LogP contribution is 2.15. The SMILES string of the molecule is NC(CCNC(=O)c1cc(Br)ccc1F)=NO. The molecule has 92 valence electrons. The van der Waals surface area contributed by atoms with Crippen molar-refractivity contribution in [2.45, 2.75) is 6.42 Å². The van der Waals surface area contributed by atoms with Crippen molar-refractivity contribution in [3.8, 4) is 0 Å². The lowest BCUT2D eigenvalue weighted by Gasteiger charge is -2.05. The Kier molecular flexibility index (Phi) is 4.89. The van der Waals surface area contributed by atoms with E-state index in [0.29, 0.717) is 4.47 Å². The second-order valence-corrected chi connectivity index (χ2v) is 4.14. The molecule has 1 aromatic carbocycles. The van der Waals surface area contributed by atoms with Crippen molar-refractivity contribution in [1.29, 1.82) is 0 Å². The summed E-state index contributed by atoms with van der Waals surface area (Å²) in [6.45, 7) is 0.167. The number of nitrogens with two attached hydrogens (primary N) is 1. The lowest BCUT2D eigenvalue weighted by molar-refractivity contribution is 0.0950. The lowest BCUT2D eigenvalue weighted by atomic mass is 10.2. The van der Waals surface area contributed by atoms with E-state index in [-0.39, 0.29) is 24.4 Å². The van der Waals surface area contributed by atoms with Crippen molar-refractivity contribution in [2.24, 2.45) is 10.9 Å². The van der Waals surface area contributed by atoms with Crippen LogP contribution in [0, 0.1) is 5.82 Å². The molecule has 1 amide bonds. The minimum Gasteiger partial charge on any atom is -0.409 e. The van der Waals surface area contributed by atoms with Gasteiger partial charge in [-0.25, -0.2) is 4.39 Å². The van der Waals surface area contributed by atoms with Gasteiger partial charge < -0.3 is 16.3 Å². The zero-order valence-electron chi connectivity index (χ0n) is 8.78. The number of halogens is 2. The van der Waals surface area contributed by atoms with Crippen LogP contribution in [0.4, 0.5) is 4.39 Å². The number of carbonyl (C=O) groups is 1. The molecule has 0 aliphatic rings. The Bertz CT molecular complexity index is 451. The summed E-state index contributed by atoms with van der Waals surface area (Å²) in [6.07, 6.45) is 0.192. The normalized spacial score (nSPS) is 11.3. The molecule has 1 rings (SSSR count). The molecule has 0 aromatic heterocycles. The maximum absolute atomic E-state index is 13.3. The zero-order valence-corrected chi connectivity index (χ0v) is 10.4. The highest BCUT2D eigenvalue weighted by atomic mass is 79.9. The van der Waals surface area contributed by atoms with Crippen LogP contribution in [-0.4, -0.2) is 23.5 Å². The Balaban J connectivity index is 2.61. The van der Waals surface area contributed by atoms with Gasteiger partial charge in [0, 0.05) is 17.4 Å². The smallest absolute Gasteiger partial charge is 0.254 e. The van der Waals surface area contributed by atoms with E-state index in [9.17, 15) is 9.18 Å². The molecule has 0 unspecified atom stereocenters. The first-order valence-corrected chi connectivity index (χ1v) is 5.53. The monoisotopic (exact) mass is 303 g/mol. The first kappa shape index (κ1) is 13.4. The number of benzene rings is 1. The van der Waals surface area contributed by atoms with E-state index in [4.69, 9.17) is 10.9 Å². The molecule has 0 saturated heterocycles. The predicted molar refractivity (Wildman–Crippen MR) is 64.5 cm³/mol. The second kappa shape index (κ2) is 6.19. The molecule has 0 aliphatic heterocycles. The average Bonchev–Trinajstić information content (AvgIpc) is 2.31. The summed E-state index contributed by atoms with van der Waals surface area (Å²) in [7, 11) is 0. The van der Waals surface area contributed by atoms with Gasteiger partial charge >= 0.3 is 0 Å². The molecule has 17 heavy (non-hydrogen) atoms. The van der Waals surface area contributed by atoms with Gasteiger partial charge in [-0.05, 0) is 18.2 Å². The van der Waals surface area contributed by atoms with Gasteiger partial charge in [-0.15, -0.1) is 0 Å². The lowest BCUT2D eigenvalue weighted by Crippen LogP contribution is -2.28. The highest BCUT2D eigenvalue weighted by molar-refractivity contribution is 9.10. The molecule has 7 heteroatoms. The van der Waals surface area contributed by atoms with Gasteiger partial charge in [-0.1, -0.05) is 21.1 Å². The summed E-state index contributed by atoms with van der Waals surface area (Å²) in [5.41, 5.74) is 5.16. The van der Waals surface area contributed by atoms with Gasteiger partial charge in [0.25, 0.3) is 5.91 Å². The van der Waals surface area contributed by atoms with Crippen molar-refractivity contribution in [2.75, 3.05) is 6.54 Å². The summed E-state index contributed by atoms with van der Waals surface area (Å²) in [4.78, 5) is 11.6. The maximum Gasteiger partial charge on any atom is 0.254 e. The molecule has 0 aliphatic carbocycles. The van der Waals surface area contributed by atoms with Crippen molar-refractivity contribution in [1.82, 2.24) is 5.32 Å². The number of hydrogen-bond acceptors (Lipinski definition) is 3. The molecular formula is C10H11BrFN3O2. The van der Waals surface area contributed by atoms with Crippen LogP contribution in [-0.2, 0) is 0 Å². The fourth-order valence-electron chi connectivity index (χ4n) is 1.12. The fraction of sp³-hybridized carbons (Fsp3) is 0.200. The van der Waals surface area contributed by atoms with E-state index >= 15 is 0 Å². The molecule has 0 saturated carbocycles. The van der Waals surface area contributed by atoms with Gasteiger partial charge in [0.05, 0.1) is 5.56 Å². The van der Waals surface area contributed by atoms with E-state index in [1.54, 1.807) is 0 Å². The number of oxime groups is 1. The third-order valence-corrected chi connectivity index (χ3v) is 2.46. The highest BCUT2D eigenvalue weighted by Gasteiger charge is 2.11. The molecule has 0 atom stereocenters. The van der Waals surface area contributed by atoms with E-state index in [1.807, 2.05) is 0 Å². The summed E-state index contributed by atoms with van der Waals surface area (Å²) in [5, 5.41) is 13.5. The quantitative estimate of drug-likeness (QED) is 0.340. The van der Waals surface area contributed by atoms with E-state index in [0.717, 1.165) is 0 Å². The van der Waals surface area contributed by atoms with Gasteiger partial charge in [0.15, 0.2) is 0 Å². The molecule has 0 radical (unpaired) electrons. The molecule has 0 bridgehead atoms. The molecular weight excluding hydrogens is 293 g/mol. The summed E-state index contributed by atoms with van der Waals surface area (Å²) in [5.74, 6) is -1.15. The van der Waals surface area contributed by atoms with Crippen molar-refractivity contribution in [3.63, 3.8) is 0 Å². The minimum absolute atomic E-state index is 0.0000131. The van der Waals surface area contributed by atoms with Crippen molar-refractivity contribution in [3.05, 3.63) is 34.1 Å². The van der Waals surface area contributed by atoms with Gasteiger partial charge in [0.2, 0.25) is 0 Å². The maximum atomic E-state index is 13.3. The third-order valence-electron chi connectivity index (χ3n) is 1.97. The van der Waals surface area contributed by atoms with E-state index in [2.05, 4.69) is 26.4 Å². The molecule has 0 spiro atoms. The molecule has 0 heterocycles. The van der Waals surface area contributed by atoms with Crippen molar-refractivity contribution < 1.29 is 14.4 Å². The number of amidine groups is 1. The predicted octanol–water partition coefficient (Wildman–Crippen LogP) is 1.45. The first-order valence-electron chi connectivity index (χ1n) is 4.74. The van der Waals surface area contributed by atoms with Crippen LogP contribution in [0.15, 0.2) is 27.8 Å². The Hall–Kier alpha value is -1.63. The molecule has 5 nitrogen and oxygen atoms in total. The summed E-state index contributed by atoms with van der Waals surface area (Å²) in [6, 6.07) is 4.08. The summed E-state index contributed by atoms with van der Waals surface area (Å²) < 4.78 is 13.9. The van der Waals surface area contributed by atoms with Gasteiger partial charge in [-0.2, -0.15) is 0 Å². The van der Waals surface area contributed by atoms with Crippen LogP contribution in [0.3, 0.4) is 0 Å². The third kappa shape index (κ3) is 4.03. The van der Waals surface area contributed by atoms with Crippen LogP contribution in [0.1, 0.15) is 16.8 Å². The van der Waals surface area contributed by atoms with Crippen LogP contribution in [0.25, 0.3) is 0 Å². The average molecular weight is 304 g/mol. The second-order valence-electron chi connectivity index (χ2n) is 3.22. The van der Waals surface area contributed by atoms with Crippen LogP contribution in [0.5, 0.6) is 0 Å². The Morgan fingerprint density at radius 3 is 2.94 bits per heavy atom. The Morgan fingerprint density at radius 2 is 2.29 bits per heavy atom. The number of rotatable bonds is 4. The largest absolute Gasteiger partial charge is 0.409 e. The number of nitrogens with zero attached hydrogens (tertiary/aromatic N) is 1. The Morgan fingerprint density at radius 1 is 1.59 bits per heavy atom. The van der Waals surface area contributed by atoms with Gasteiger partial charge in [-0.3, -0.25) is 4.79 Å². The standard InChI is InChI=1S/C10H11BrFN3O2/c11-6-1-2-8(12)7(5-6)10(16)14-4-3-9(13)15-17/h1-2,5,17H,3-4H2,(H2,13,15)(H,14,16). The topological polar surface area (TPSA) is 87.7 Å².